The van der Waals surface area contributed by atoms with E-state index in [4.69, 9.17) is 18.9 Å². The molecule has 10 heteroatoms. The normalized spacial score (nSPS) is 14.9. The van der Waals surface area contributed by atoms with Crippen molar-refractivity contribution in [2.75, 3.05) is 27.9 Å². The number of hydrogen-bond acceptors (Lipinski definition) is 9. The first-order chi connectivity index (χ1) is 18.8. The molecule has 1 aliphatic rings. The molecular formula is C29H30N2O7S. The summed E-state index contributed by atoms with van der Waals surface area (Å²) in [6.45, 7) is 7.35. The van der Waals surface area contributed by atoms with Crippen molar-refractivity contribution in [1.29, 1.82) is 0 Å². The van der Waals surface area contributed by atoms with E-state index < -0.39 is 12.0 Å². The summed E-state index contributed by atoms with van der Waals surface area (Å²) in [4.78, 5) is 32.1. The molecule has 9 nitrogen and oxygen atoms in total. The van der Waals surface area contributed by atoms with Crippen LogP contribution in [-0.4, -0.2) is 43.6 Å². The van der Waals surface area contributed by atoms with E-state index in [1.165, 1.54) is 30.1 Å². The molecular weight excluding hydrogens is 520 g/mol. The van der Waals surface area contributed by atoms with Crippen molar-refractivity contribution in [3.63, 3.8) is 0 Å². The largest absolute Gasteiger partial charge is 0.504 e. The molecule has 2 heterocycles. The number of carbonyl (C=O) groups is 1. The highest BCUT2D eigenvalue weighted by Crippen LogP contribution is 2.38. The van der Waals surface area contributed by atoms with E-state index in [0.29, 0.717) is 49.6 Å². The van der Waals surface area contributed by atoms with Crippen molar-refractivity contribution in [2.24, 2.45) is 4.99 Å². The first kappa shape index (κ1) is 27.7. The van der Waals surface area contributed by atoms with Gasteiger partial charge in [0.05, 0.1) is 43.7 Å². The Morgan fingerprint density at radius 3 is 2.54 bits per heavy atom. The Morgan fingerprint density at radius 2 is 1.90 bits per heavy atom. The van der Waals surface area contributed by atoms with Crippen LogP contribution in [0.3, 0.4) is 0 Å². The third-order valence-corrected chi connectivity index (χ3v) is 7.29. The molecule has 3 aromatic rings. The van der Waals surface area contributed by atoms with Gasteiger partial charge in [-0.25, -0.2) is 9.79 Å². The number of methoxy groups -OCH3 is 3. The van der Waals surface area contributed by atoms with Crippen molar-refractivity contribution in [3.8, 4) is 23.0 Å². The lowest BCUT2D eigenvalue weighted by Crippen LogP contribution is -2.40. The van der Waals surface area contributed by atoms with Crippen molar-refractivity contribution >= 4 is 23.4 Å². The summed E-state index contributed by atoms with van der Waals surface area (Å²) in [7, 11) is 4.53. The summed E-state index contributed by atoms with van der Waals surface area (Å²) >= 11 is 1.20. The molecule has 0 amide bonds. The Labute approximate surface area is 229 Å². The molecule has 0 aliphatic carbocycles. The second-order valence-electron chi connectivity index (χ2n) is 8.63. The smallest absolute Gasteiger partial charge is 0.338 e. The molecule has 204 valence electrons. The van der Waals surface area contributed by atoms with E-state index in [0.717, 1.165) is 0 Å². The summed E-state index contributed by atoms with van der Waals surface area (Å²) in [6.07, 6.45) is 3.81. The minimum atomic E-state index is -0.839. The highest BCUT2D eigenvalue weighted by molar-refractivity contribution is 7.07. The van der Waals surface area contributed by atoms with Crippen LogP contribution < -0.4 is 29.1 Å². The van der Waals surface area contributed by atoms with Gasteiger partial charge in [0.15, 0.2) is 16.3 Å². The van der Waals surface area contributed by atoms with Crippen LogP contribution in [0, 0.1) is 0 Å². The molecule has 0 fully saturated rings. The van der Waals surface area contributed by atoms with Crippen LogP contribution in [0.25, 0.3) is 6.08 Å². The van der Waals surface area contributed by atoms with E-state index in [1.54, 1.807) is 63.4 Å². The highest BCUT2D eigenvalue weighted by atomic mass is 32.1. The number of nitrogens with zero attached hydrogens (tertiary/aromatic N) is 2. The number of thiazole rings is 1. The third kappa shape index (κ3) is 5.20. The molecule has 0 bridgehead atoms. The lowest BCUT2D eigenvalue weighted by molar-refractivity contribution is -0.139. The number of esters is 1. The molecule has 1 N–H and O–H groups in total. The average Bonchev–Trinajstić information content (AvgIpc) is 3.23. The van der Waals surface area contributed by atoms with Crippen LogP contribution in [0.4, 0.5) is 0 Å². The zero-order valence-electron chi connectivity index (χ0n) is 22.4. The van der Waals surface area contributed by atoms with Crippen LogP contribution in [0.1, 0.15) is 36.6 Å². The van der Waals surface area contributed by atoms with Gasteiger partial charge < -0.3 is 24.1 Å². The summed E-state index contributed by atoms with van der Waals surface area (Å²) in [6, 6.07) is 7.80. The molecule has 0 radical (unpaired) electrons. The fourth-order valence-electron chi connectivity index (χ4n) is 4.52. The zero-order valence-corrected chi connectivity index (χ0v) is 23.3. The Morgan fingerprint density at radius 1 is 1.15 bits per heavy atom. The second-order valence-corrected chi connectivity index (χ2v) is 9.64. The number of phenolic OH excluding ortho intramolecular Hbond substituents is 1. The molecule has 0 saturated carbocycles. The fourth-order valence-corrected chi connectivity index (χ4v) is 5.57. The molecule has 39 heavy (non-hydrogen) atoms. The van der Waals surface area contributed by atoms with Gasteiger partial charge in [0, 0.05) is 17.2 Å². The van der Waals surface area contributed by atoms with Gasteiger partial charge in [0.25, 0.3) is 5.56 Å². The standard InChI is InChI=1S/C29H30N2O7S/c1-7-9-18-12-17(13-22(37-6)26(18)32)14-23-27(33)31-25(20-11-10-19(35-4)15-21(20)36-5)24(28(34)38-8-2)16(3)30-29(31)39-23/h7,10-15,25,32H,1,8-9H2,2-6H3/b23-14+. The van der Waals surface area contributed by atoms with E-state index in [9.17, 15) is 14.7 Å². The summed E-state index contributed by atoms with van der Waals surface area (Å²) < 4.78 is 23.6. The second kappa shape index (κ2) is 11.6. The predicted molar refractivity (Wildman–Crippen MR) is 149 cm³/mol. The molecule has 2 aromatic carbocycles. The Hall–Kier alpha value is -4.31. The monoisotopic (exact) mass is 550 g/mol. The number of phenols is 1. The average molecular weight is 551 g/mol. The van der Waals surface area contributed by atoms with Crippen LogP contribution >= 0.6 is 11.3 Å². The molecule has 1 aromatic heterocycles. The van der Waals surface area contributed by atoms with Gasteiger partial charge in [-0.05, 0) is 56.2 Å². The number of carbonyl (C=O) groups excluding carboxylic acids is 1. The van der Waals surface area contributed by atoms with E-state index in [1.807, 2.05) is 0 Å². The number of benzene rings is 2. The maximum atomic E-state index is 13.9. The van der Waals surface area contributed by atoms with Crippen LogP contribution in [0.15, 0.2) is 64.0 Å². The number of hydrogen-bond donors (Lipinski definition) is 1. The Balaban J connectivity index is 1.99. The maximum absolute atomic E-state index is 13.9. The molecule has 0 saturated heterocycles. The van der Waals surface area contributed by atoms with Crippen molar-refractivity contribution in [1.82, 2.24) is 4.57 Å². The number of aromatic nitrogens is 1. The van der Waals surface area contributed by atoms with E-state index >= 15 is 0 Å². The van der Waals surface area contributed by atoms with Crippen molar-refractivity contribution in [3.05, 3.63) is 90.6 Å². The van der Waals surface area contributed by atoms with E-state index in [2.05, 4.69) is 11.6 Å². The molecule has 0 spiro atoms. The Kier molecular flexibility index (Phi) is 8.25. The van der Waals surface area contributed by atoms with E-state index in [-0.39, 0.29) is 29.2 Å². The first-order valence-corrected chi connectivity index (χ1v) is 13.0. The molecule has 1 unspecified atom stereocenters. The topological polar surface area (TPSA) is 109 Å². The van der Waals surface area contributed by atoms with Crippen molar-refractivity contribution in [2.45, 2.75) is 26.3 Å². The van der Waals surface area contributed by atoms with Crippen LogP contribution in [-0.2, 0) is 16.0 Å². The highest BCUT2D eigenvalue weighted by Gasteiger charge is 2.35. The minimum absolute atomic E-state index is 0.0253. The van der Waals surface area contributed by atoms with Crippen LogP contribution in [0.2, 0.25) is 0 Å². The van der Waals surface area contributed by atoms with Gasteiger partial charge >= 0.3 is 5.97 Å². The third-order valence-electron chi connectivity index (χ3n) is 6.31. The van der Waals surface area contributed by atoms with Gasteiger partial charge in [-0.2, -0.15) is 0 Å². The number of aromatic hydroxyl groups is 1. The van der Waals surface area contributed by atoms with Gasteiger partial charge in [-0.1, -0.05) is 17.4 Å². The summed E-state index contributed by atoms with van der Waals surface area (Å²) in [5.41, 5.74) is 2.22. The lowest BCUT2D eigenvalue weighted by Gasteiger charge is -2.26. The number of allylic oxidation sites excluding steroid dienone is 2. The maximum Gasteiger partial charge on any atom is 0.338 e. The van der Waals surface area contributed by atoms with Gasteiger partial charge in [-0.3, -0.25) is 9.36 Å². The molecule has 1 atom stereocenters. The predicted octanol–water partition coefficient (Wildman–Crippen LogP) is 3.26. The summed E-state index contributed by atoms with van der Waals surface area (Å²) in [5.74, 6) is 0.765. The minimum Gasteiger partial charge on any atom is -0.504 e. The molecule has 1 aliphatic heterocycles. The molecule has 4 rings (SSSR count). The quantitative estimate of drug-likeness (QED) is 0.322. The lowest BCUT2D eigenvalue weighted by atomic mass is 9.95. The van der Waals surface area contributed by atoms with Gasteiger partial charge in [-0.15, -0.1) is 6.58 Å². The summed E-state index contributed by atoms with van der Waals surface area (Å²) in [5, 5.41) is 10.5. The first-order valence-electron chi connectivity index (χ1n) is 12.2. The Bertz CT molecular complexity index is 1650. The van der Waals surface area contributed by atoms with Crippen LogP contribution in [0.5, 0.6) is 23.0 Å². The SMILES string of the molecule is C=CCc1cc(/C=c2/sc3n(c2=O)C(c2ccc(OC)cc2OC)C(C(=O)OCC)=C(C)N=3)cc(OC)c1O. The van der Waals surface area contributed by atoms with Gasteiger partial charge in [0.2, 0.25) is 0 Å². The number of ether oxygens (including phenoxy) is 4. The van der Waals surface area contributed by atoms with Gasteiger partial charge in [0.1, 0.15) is 17.5 Å². The number of rotatable bonds is 9. The zero-order chi connectivity index (χ0) is 28.3. The van der Waals surface area contributed by atoms with Crippen molar-refractivity contribution < 1.29 is 28.8 Å². The fraction of sp³-hybridized carbons (Fsp3) is 0.276. The number of fused-ring (bicyclic) bond motifs is 1.